The molecule has 3 atom stereocenters. The van der Waals surface area contributed by atoms with E-state index in [9.17, 15) is 24.3 Å². The van der Waals surface area contributed by atoms with Crippen molar-refractivity contribution in [2.24, 2.45) is 11.7 Å². The van der Waals surface area contributed by atoms with E-state index in [4.69, 9.17) is 5.73 Å². The van der Waals surface area contributed by atoms with Gasteiger partial charge in [0.25, 0.3) is 0 Å². The molecule has 0 fully saturated rings. The predicted molar refractivity (Wildman–Crippen MR) is 101 cm³/mol. The lowest BCUT2D eigenvalue weighted by molar-refractivity contribution is -0.143. The van der Waals surface area contributed by atoms with Gasteiger partial charge in [-0.3, -0.25) is 14.4 Å². The van der Waals surface area contributed by atoms with Crippen molar-refractivity contribution in [1.82, 2.24) is 16.0 Å². The van der Waals surface area contributed by atoms with Crippen molar-refractivity contribution in [3.8, 4) is 0 Å². The molecule has 0 aromatic heterocycles. The molecule has 0 aliphatic rings. The first-order valence-electron chi connectivity index (χ1n) is 8.54. The molecule has 0 heterocycles. The maximum atomic E-state index is 12.2. The quantitative estimate of drug-likeness (QED) is 0.279. The zero-order chi connectivity index (χ0) is 20.1. The standard InChI is InChI=1S/C16H30N4O5S/c1-4-10(2)14(16(24)25)20-13(22)9-18-15(23)11(6-8-26-3)19-12(21)5-7-17/h10-11,14H,4-9,17H2,1-3H3,(H,18,23)(H,19,21)(H,20,22)(H,24,25)/t10-,11-,14-/m0/s1. The van der Waals surface area contributed by atoms with Crippen molar-refractivity contribution in [3.05, 3.63) is 0 Å². The second kappa shape index (κ2) is 13.4. The predicted octanol–water partition coefficient (Wildman–Crippen LogP) is -0.695. The minimum Gasteiger partial charge on any atom is -0.480 e. The van der Waals surface area contributed by atoms with Crippen LogP contribution in [0, 0.1) is 5.92 Å². The Morgan fingerprint density at radius 1 is 1.15 bits per heavy atom. The summed E-state index contributed by atoms with van der Waals surface area (Å²) >= 11 is 1.53. The highest BCUT2D eigenvalue weighted by Crippen LogP contribution is 2.07. The maximum Gasteiger partial charge on any atom is 0.326 e. The fraction of sp³-hybridized carbons (Fsp3) is 0.750. The third-order valence-electron chi connectivity index (χ3n) is 3.85. The second-order valence-electron chi connectivity index (χ2n) is 5.93. The van der Waals surface area contributed by atoms with Crippen LogP contribution < -0.4 is 21.7 Å². The first-order chi connectivity index (χ1) is 12.3. The summed E-state index contributed by atoms with van der Waals surface area (Å²) in [6.45, 7) is 3.37. The van der Waals surface area contributed by atoms with Crippen LogP contribution in [0.2, 0.25) is 0 Å². The van der Waals surface area contributed by atoms with Gasteiger partial charge in [-0.15, -0.1) is 0 Å². The van der Waals surface area contributed by atoms with Crippen LogP contribution in [-0.2, 0) is 19.2 Å². The lowest BCUT2D eigenvalue weighted by atomic mass is 9.99. The number of carbonyl (C=O) groups is 4. The van der Waals surface area contributed by atoms with Gasteiger partial charge in [0.15, 0.2) is 0 Å². The number of amides is 3. The molecule has 0 bridgehead atoms. The zero-order valence-electron chi connectivity index (χ0n) is 15.5. The van der Waals surface area contributed by atoms with Crippen LogP contribution in [0.25, 0.3) is 0 Å². The van der Waals surface area contributed by atoms with Gasteiger partial charge in [0, 0.05) is 13.0 Å². The first-order valence-corrected chi connectivity index (χ1v) is 9.94. The number of carbonyl (C=O) groups excluding carboxylic acids is 3. The third kappa shape index (κ3) is 9.62. The lowest BCUT2D eigenvalue weighted by Crippen LogP contribution is -2.52. The Kier molecular flexibility index (Phi) is 12.5. The normalized spacial score (nSPS) is 14.0. The smallest absolute Gasteiger partial charge is 0.326 e. The fourth-order valence-corrected chi connectivity index (χ4v) is 2.57. The highest BCUT2D eigenvalue weighted by atomic mass is 32.2. The van der Waals surface area contributed by atoms with Gasteiger partial charge in [-0.1, -0.05) is 20.3 Å². The summed E-state index contributed by atoms with van der Waals surface area (Å²) in [7, 11) is 0. The Labute approximate surface area is 158 Å². The molecule has 6 N–H and O–H groups in total. The van der Waals surface area contributed by atoms with Crippen LogP contribution in [0.1, 0.15) is 33.1 Å². The number of rotatable bonds is 13. The van der Waals surface area contributed by atoms with E-state index in [1.54, 1.807) is 6.92 Å². The van der Waals surface area contributed by atoms with Gasteiger partial charge < -0.3 is 26.8 Å². The molecule has 150 valence electrons. The number of hydrogen-bond donors (Lipinski definition) is 5. The Morgan fingerprint density at radius 2 is 1.81 bits per heavy atom. The maximum absolute atomic E-state index is 12.2. The van der Waals surface area contributed by atoms with Crippen LogP contribution >= 0.6 is 11.8 Å². The minimum absolute atomic E-state index is 0.110. The van der Waals surface area contributed by atoms with Crippen molar-refractivity contribution in [3.63, 3.8) is 0 Å². The van der Waals surface area contributed by atoms with E-state index in [-0.39, 0.29) is 31.3 Å². The summed E-state index contributed by atoms with van der Waals surface area (Å²) in [6, 6.07) is -1.78. The molecule has 0 saturated carbocycles. The van der Waals surface area contributed by atoms with Crippen LogP contribution in [0.3, 0.4) is 0 Å². The van der Waals surface area contributed by atoms with E-state index >= 15 is 0 Å². The number of nitrogens with two attached hydrogens (primary N) is 1. The fourth-order valence-electron chi connectivity index (χ4n) is 2.10. The second-order valence-corrected chi connectivity index (χ2v) is 6.91. The van der Waals surface area contributed by atoms with Gasteiger partial charge in [-0.2, -0.15) is 11.8 Å². The van der Waals surface area contributed by atoms with Crippen LogP contribution in [-0.4, -0.2) is 66.0 Å². The van der Waals surface area contributed by atoms with Crippen molar-refractivity contribution in [1.29, 1.82) is 0 Å². The van der Waals surface area contributed by atoms with Gasteiger partial charge in [0.05, 0.1) is 6.54 Å². The molecule has 0 aliphatic carbocycles. The average Bonchev–Trinajstić information content (AvgIpc) is 2.60. The van der Waals surface area contributed by atoms with Crippen LogP contribution in [0.4, 0.5) is 0 Å². The number of hydrogen-bond acceptors (Lipinski definition) is 6. The molecular formula is C16H30N4O5S. The van der Waals surface area contributed by atoms with Gasteiger partial charge >= 0.3 is 5.97 Å². The monoisotopic (exact) mass is 390 g/mol. The summed E-state index contributed by atoms with van der Waals surface area (Å²) in [5.74, 6) is -2.12. The summed E-state index contributed by atoms with van der Waals surface area (Å²) < 4.78 is 0. The van der Waals surface area contributed by atoms with Crippen molar-refractivity contribution in [2.75, 3.05) is 25.1 Å². The first kappa shape index (κ1) is 24.2. The topological polar surface area (TPSA) is 151 Å². The van der Waals surface area contributed by atoms with E-state index in [1.165, 1.54) is 11.8 Å². The molecule has 0 aromatic rings. The third-order valence-corrected chi connectivity index (χ3v) is 4.50. The molecule has 0 aliphatic heterocycles. The molecule has 26 heavy (non-hydrogen) atoms. The Balaban J connectivity index is 4.65. The van der Waals surface area contributed by atoms with Crippen molar-refractivity contribution < 1.29 is 24.3 Å². The summed E-state index contributed by atoms with van der Waals surface area (Å²) in [5, 5.41) is 16.6. The van der Waals surface area contributed by atoms with Crippen molar-refractivity contribution in [2.45, 2.75) is 45.2 Å². The Morgan fingerprint density at radius 3 is 2.31 bits per heavy atom. The van der Waals surface area contributed by atoms with E-state index in [0.29, 0.717) is 18.6 Å². The highest BCUT2D eigenvalue weighted by molar-refractivity contribution is 7.98. The van der Waals surface area contributed by atoms with Gasteiger partial charge in [-0.25, -0.2) is 4.79 Å². The molecule has 0 aromatic carbocycles. The summed E-state index contributed by atoms with van der Waals surface area (Å²) in [4.78, 5) is 47.1. The molecule has 0 saturated heterocycles. The van der Waals surface area contributed by atoms with Gasteiger partial charge in [0.1, 0.15) is 12.1 Å². The SMILES string of the molecule is CC[C@H](C)[C@H](NC(=O)CNC(=O)[C@H](CCSC)NC(=O)CCN)C(=O)O. The van der Waals surface area contributed by atoms with E-state index in [1.807, 2.05) is 13.2 Å². The molecule has 3 amide bonds. The Hall–Kier alpha value is -1.81. The Bertz CT molecular complexity index is 489. The molecule has 10 heteroatoms. The minimum atomic E-state index is -1.12. The number of nitrogens with one attached hydrogen (secondary N) is 3. The molecular weight excluding hydrogens is 360 g/mol. The molecule has 0 radical (unpaired) electrons. The number of carboxylic acids is 1. The van der Waals surface area contributed by atoms with E-state index < -0.39 is 29.9 Å². The molecule has 9 nitrogen and oxygen atoms in total. The lowest BCUT2D eigenvalue weighted by Gasteiger charge is -2.21. The molecule has 0 unspecified atom stereocenters. The summed E-state index contributed by atoms with van der Waals surface area (Å²) in [5.41, 5.74) is 5.32. The van der Waals surface area contributed by atoms with Gasteiger partial charge in [0.2, 0.25) is 17.7 Å². The highest BCUT2D eigenvalue weighted by Gasteiger charge is 2.26. The largest absolute Gasteiger partial charge is 0.480 e. The number of aliphatic carboxylic acids is 1. The van der Waals surface area contributed by atoms with E-state index in [0.717, 1.165) is 0 Å². The molecule has 0 rings (SSSR count). The van der Waals surface area contributed by atoms with Gasteiger partial charge in [-0.05, 0) is 24.3 Å². The van der Waals surface area contributed by atoms with E-state index in [2.05, 4.69) is 16.0 Å². The van der Waals surface area contributed by atoms with Crippen LogP contribution in [0.15, 0.2) is 0 Å². The number of thioether (sulfide) groups is 1. The summed E-state index contributed by atoms with van der Waals surface area (Å²) in [6.07, 6.45) is 2.99. The average molecular weight is 391 g/mol. The molecule has 0 spiro atoms. The zero-order valence-corrected chi connectivity index (χ0v) is 16.4. The van der Waals surface area contributed by atoms with Crippen molar-refractivity contribution >= 4 is 35.5 Å². The van der Waals surface area contributed by atoms with Crippen LogP contribution in [0.5, 0.6) is 0 Å². The number of carboxylic acid groups (broad SMARTS) is 1.